The van der Waals surface area contributed by atoms with Gasteiger partial charge in [0.2, 0.25) is 5.91 Å². The summed E-state index contributed by atoms with van der Waals surface area (Å²) >= 11 is 0. The fourth-order valence-corrected chi connectivity index (χ4v) is 3.21. The van der Waals surface area contributed by atoms with Crippen LogP contribution in [-0.4, -0.2) is 34.7 Å². The molecule has 0 unspecified atom stereocenters. The summed E-state index contributed by atoms with van der Waals surface area (Å²) in [5, 5.41) is 10.0. The molecular formula is C22H22N4O3. The lowest BCUT2D eigenvalue weighted by molar-refractivity contribution is -0.123. The van der Waals surface area contributed by atoms with Crippen molar-refractivity contribution in [3.63, 3.8) is 0 Å². The Labute approximate surface area is 168 Å². The lowest BCUT2D eigenvalue weighted by Crippen LogP contribution is -2.30. The van der Waals surface area contributed by atoms with E-state index in [-0.39, 0.29) is 18.4 Å². The van der Waals surface area contributed by atoms with Gasteiger partial charge in [-0.3, -0.25) is 9.59 Å². The molecule has 0 fully saturated rings. The van der Waals surface area contributed by atoms with Gasteiger partial charge in [-0.05, 0) is 54.3 Å². The smallest absolute Gasteiger partial charge is 0.257 e. The highest BCUT2D eigenvalue weighted by atomic mass is 16.5. The number of carbonyl (C=O) groups excluding carboxylic acids is 2. The first-order chi connectivity index (χ1) is 14.2. The van der Waals surface area contributed by atoms with Crippen LogP contribution in [0.25, 0.3) is 5.69 Å². The van der Waals surface area contributed by atoms with Crippen LogP contribution in [0.3, 0.4) is 0 Å². The lowest BCUT2D eigenvalue weighted by atomic mass is 10.0. The van der Waals surface area contributed by atoms with Gasteiger partial charge in [-0.1, -0.05) is 18.2 Å². The van der Waals surface area contributed by atoms with Crippen molar-refractivity contribution in [3.05, 3.63) is 72.1 Å². The van der Waals surface area contributed by atoms with E-state index in [9.17, 15) is 9.59 Å². The van der Waals surface area contributed by atoms with E-state index in [1.165, 1.54) is 0 Å². The molecule has 0 radical (unpaired) electrons. The number of aromatic nitrogens is 2. The minimum atomic E-state index is -0.175. The van der Waals surface area contributed by atoms with E-state index in [4.69, 9.17) is 4.74 Å². The molecule has 2 aromatic carbocycles. The first-order valence-corrected chi connectivity index (χ1v) is 9.58. The van der Waals surface area contributed by atoms with Crippen LogP contribution in [0.5, 0.6) is 5.75 Å². The average Bonchev–Trinajstić information content (AvgIpc) is 3.22. The molecule has 4 rings (SSSR count). The fraction of sp³-hybridized carbons (Fsp3) is 0.227. The van der Waals surface area contributed by atoms with Crippen LogP contribution in [0.15, 0.2) is 60.9 Å². The van der Waals surface area contributed by atoms with Gasteiger partial charge in [0.1, 0.15) is 5.75 Å². The molecular weight excluding hydrogens is 368 g/mol. The van der Waals surface area contributed by atoms with Gasteiger partial charge in [0.25, 0.3) is 5.91 Å². The Morgan fingerprint density at radius 1 is 1.17 bits per heavy atom. The van der Waals surface area contributed by atoms with Crippen LogP contribution >= 0.6 is 0 Å². The molecule has 3 aromatic rings. The summed E-state index contributed by atoms with van der Waals surface area (Å²) in [4.78, 5) is 23.5. The molecule has 148 valence electrons. The first kappa shape index (κ1) is 18.7. The topological polar surface area (TPSA) is 85.2 Å². The van der Waals surface area contributed by atoms with E-state index in [0.29, 0.717) is 31.6 Å². The van der Waals surface area contributed by atoms with Crippen molar-refractivity contribution >= 4 is 17.5 Å². The molecule has 2 N–H and O–H groups in total. The van der Waals surface area contributed by atoms with Crippen LogP contribution in [0.1, 0.15) is 17.5 Å². The highest BCUT2D eigenvalue weighted by Crippen LogP contribution is 2.26. The zero-order valence-corrected chi connectivity index (χ0v) is 15.9. The Balaban J connectivity index is 1.22. The van der Waals surface area contributed by atoms with Crippen molar-refractivity contribution in [1.82, 2.24) is 15.1 Å². The molecule has 2 amide bonds. The van der Waals surface area contributed by atoms with Gasteiger partial charge in [-0.25, -0.2) is 4.68 Å². The number of hydrogen-bond acceptors (Lipinski definition) is 4. The van der Waals surface area contributed by atoms with Gasteiger partial charge in [0.15, 0.2) is 6.61 Å². The van der Waals surface area contributed by atoms with E-state index in [1.807, 2.05) is 59.5 Å². The minimum Gasteiger partial charge on any atom is -0.484 e. The van der Waals surface area contributed by atoms with Crippen LogP contribution in [0, 0.1) is 0 Å². The molecule has 1 aliphatic rings. The van der Waals surface area contributed by atoms with Gasteiger partial charge in [0.05, 0.1) is 11.9 Å². The number of fused-ring (bicyclic) bond motifs is 1. The second-order valence-electron chi connectivity index (χ2n) is 6.88. The normalized spacial score (nSPS) is 12.8. The van der Waals surface area contributed by atoms with Crippen molar-refractivity contribution in [2.75, 3.05) is 18.5 Å². The molecule has 2 heterocycles. The highest BCUT2D eigenvalue weighted by molar-refractivity contribution is 5.94. The molecule has 1 aliphatic heterocycles. The van der Waals surface area contributed by atoms with Crippen LogP contribution in [0.4, 0.5) is 5.69 Å². The Morgan fingerprint density at radius 2 is 2.03 bits per heavy atom. The third kappa shape index (κ3) is 4.82. The standard InChI is InChI=1S/C22H22N4O3/c27-21-9-6-17-12-19(7-8-20(17)25-21)29-15-22(28)23-11-10-16-13-24-26(14-16)18-4-2-1-3-5-18/h1-5,7-8,12-14H,6,9-11,15H2,(H,23,28)(H,25,27). The van der Waals surface area contributed by atoms with Crippen LogP contribution in [-0.2, 0) is 22.4 Å². The van der Waals surface area contributed by atoms with Crippen molar-refractivity contribution in [1.29, 1.82) is 0 Å². The zero-order valence-electron chi connectivity index (χ0n) is 15.9. The maximum absolute atomic E-state index is 12.1. The Bertz CT molecular complexity index is 1010. The van der Waals surface area contributed by atoms with E-state index < -0.39 is 0 Å². The molecule has 7 heteroatoms. The monoisotopic (exact) mass is 390 g/mol. The maximum atomic E-state index is 12.1. The summed E-state index contributed by atoms with van der Waals surface area (Å²) in [7, 11) is 0. The second-order valence-corrected chi connectivity index (χ2v) is 6.88. The lowest BCUT2D eigenvalue weighted by Gasteiger charge is -2.17. The number of anilines is 1. The van der Waals surface area contributed by atoms with Gasteiger partial charge in [-0.15, -0.1) is 0 Å². The molecule has 0 saturated carbocycles. The number of benzene rings is 2. The number of hydrogen-bond donors (Lipinski definition) is 2. The third-order valence-corrected chi connectivity index (χ3v) is 4.73. The quantitative estimate of drug-likeness (QED) is 0.649. The van der Waals surface area contributed by atoms with E-state index >= 15 is 0 Å². The van der Waals surface area contributed by atoms with Gasteiger partial charge in [0, 0.05) is 24.8 Å². The van der Waals surface area contributed by atoms with Crippen molar-refractivity contribution in [2.24, 2.45) is 0 Å². The Kier molecular flexibility index (Phi) is 5.56. The van der Waals surface area contributed by atoms with E-state index in [2.05, 4.69) is 15.7 Å². The highest BCUT2D eigenvalue weighted by Gasteiger charge is 2.15. The molecule has 0 bridgehead atoms. The molecule has 0 saturated heterocycles. The number of rotatable bonds is 7. The number of ether oxygens (including phenoxy) is 1. The fourth-order valence-electron chi connectivity index (χ4n) is 3.21. The number of carbonyl (C=O) groups is 2. The molecule has 0 aliphatic carbocycles. The third-order valence-electron chi connectivity index (χ3n) is 4.73. The molecule has 29 heavy (non-hydrogen) atoms. The largest absolute Gasteiger partial charge is 0.484 e. The van der Waals surface area contributed by atoms with Gasteiger partial charge >= 0.3 is 0 Å². The molecule has 0 spiro atoms. The Morgan fingerprint density at radius 3 is 2.90 bits per heavy atom. The summed E-state index contributed by atoms with van der Waals surface area (Å²) < 4.78 is 7.40. The van der Waals surface area contributed by atoms with Crippen LogP contribution in [0.2, 0.25) is 0 Å². The predicted octanol–water partition coefficient (Wildman–Crippen LogP) is 2.49. The number of nitrogens with zero attached hydrogens (tertiary/aromatic N) is 2. The number of para-hydroxylation sites is 1. The summed E-state index contributed by atoms with van der Waals surface area (Å²) in [6, 6.07) is 15.3. The molecule has 7 nitrogen and oxygen atoms in total. The zero-order chi connectivity index (χ0) is 20.1. The summed E-state index contributed by atoms with van der Waals surface area (Å²) in [5.74, 6) is 0.477. The first-order valence-electron chi connectivity index (χ1n) is 9.58. The molecule has 0 atom stereocenters. The minimum absolute atomic E-state index is 0.0276. The predicted molar refractivity (Wildman–Crippen MR) is 109 cm³/mol. The second kappa shape index (κ2) is 8.60. The van der Waals surface area contributed by atoms with Gasteiger partial charge in [-0.2, -0.15) is 5.10 Å². The average molecular weight is 390 g/mol. The number of amides is 2. The van der Waals surface area contributed by atoms with Crippen molar-refractivity contribution < 1.29 is 14.3 Å². The van der Waals surface area contributed by atoms with Crippen molar-refractivity contribution in [2.45, 2.75) is 19.3 Å². The summed E-state index contributed by atoms with van der Waals surface area (Å²) in [6.45, 7) is 0.466. The summed E-state index contributed by atoms with van der Waals surface area (Å²) in [6.07, 6.45) is 5.61. The number of nitrogens with one attached hydrogen (secondary N) is 2. The number of aryl methyl sites for hydroxylation is 1. The van der Waals surface area contributed by atoms with Crippen LogP contribution < -0.4 is 15.4 Å². The molecule has 1 aromatic heterocycles. The Hall–Kier alpha value is -3.61. The van der Waals surface area contributed by atoms with E-state index in [0.717, 1.165) is 22.5 Å². The van der Waals surface area contributed by atoms with Gasteiger partial charge < -0.3 is 15.4 Å². The maximum Gasteiger partial charge on any atom is 0.257 e. The van der Waals surface area contributed by atoms with E-state index in [1.54, 1.807) is 6.07 Å². The summed E-state index contributed by atoms with van der Waals surface area (Å²) in [5.41, 5.74) is 3.89. The van der Waals surface area contributed by atoms with Crippen molar-refractivity contribution in [3.8, 4) is 11.4 Å². The SMILES string of the molecule is O=C(COc1ccc2c(c1)CCC(=O)N2)NCCc1cnn(-c2ccccc2)c1.